The van der Waals surface area contributed by atoms with Gasteiger partial charge in [-0.1, -0.05) is 24.3 Å². The van der Waals surface area contributed by atoms with Crippen LogP contribution in [0, 0.1) is 0 Å². The second-order valence-corrected chi connectivity index (χ2v) is 8.47. The van der Waals surface area contributed by atoms with Crippen LogP contribution in [0.4, 0.5) is 10.2 Å². The molecule has 4 heterocycles. The number of halogens is 2. The van der Waals surface area contributed by atoms with Gasteiger partial charge in [-0.05, 0) is 46.8 Å². The summed E-state index contributed by atoms with van der Waals surface area (Å²) in [5.41, 5.74) is 2.45. The molecule has 1 aromatic carbocycles. The van der Waals surface area contributed by atoms with Crippen molar-refractivity contribution < 1.29 is 9.18 Å². The Morgan fingerprint density at radius 1 is 1.17 bits per heavy atom. The molecular formula is C21H21BrFN5O. The Balaban J connectivity index is 1.56. The lowest BCUT2D eigenvalue weighted by Gasteiger charge is -2.37. The number of benzene rings is 1. The van der Waals surface area contributed by atoms with E-state index in [0.29, 0.717) is 21.5 Å². The highest BCUT2D eigenvalue weighted by Gasteiger charge is 2.34. The largest absolute Gasteiger partial charge is 0.356 e. The zero-order valence-electron chi connectivity index (χ0n) is 16.1. The van der Waals surface area contributed by atoms with Crippen molar-refractivity contribution >= 4 is 33.3 Å². The van der Waals surface area contributed by atoms with E-state index in [9.17, 15) is 9.18 Å². The maximum Gasteiger partial charge on any atom is 0.273 e. The molecule has 5 rings (SSSR count). The van der Waals surface area contributed by atoms with Crippen LogP contribution in [0.5, 0.6) is 0 Å². The molecule has 2 atom stereocenters. The van der Waals surface area contributed by atoms with Gasteiger partial charge in [0.15, 0.2) is 5.65 Å². The van der Waals surface area contributed by atoms with Crippen LogP contribution >= 0.6 is 15.9 Å². The number of hydrogen-bond donors (Lipinski definition) is 0. The van der Waals surface area contributed by atoms with Gasteiger partial charge in [0, 0.05) is 25.2 Å². The first-order chi connectivity index (χ1) is 14.0. The van der Waals surface area contributed by atoms with Crippen LogP contribution in [0.1, 0.15) is 53.6 Å². The van der Waals surface area contributed by atoms with E-state index < -0.39 is 6.17 Å². The Morgan fingerprint density at radius 2 is 1.90 bits per heavy atom. The molecule has 1 unspecified atom stereocenters. The summed E-state index contributed by atoms with van der Waals surface area (Å²) in [6.07, 6.45) is 1.02. The first-order valence-corrected chi connectivity index (χ1v) is 10.7. The fourth-order valence-corrected chi connectivity index (χ4v) is 4.75. The van der Waals surface area contributed by atoms with Crippen LogP contribution in [0.15, 0.2) is 41.0 Å². The Hall–Kier alpha value is -2.48. The van der Waals surface area contributed by atoms with Gasteiger partial charge in [-0.15, -0.1) is 0 Å². The van der Waals surface area contributed by atoms with Crippen molar-refractivity contribution in [2.24, 2.45) is 0 Å². The molecule has 0 radical (unpaired) electrons. The van der Waals surface area contributed by atoms with Crippen molar-refractivity contribution in [2.75, 3.05) is 24.5 Å². The molecule has 0 spiro atoms. The summed E-state index contributed by atoms with van der Waals surface area (Å²) in [4.78, 5) is 21.8. The number of hydrogen-bond acceptors (Lipinski definition) is 4. The number of fused-ring (bicyclic) bond motifs is 2. The van der Waals surface area contributed by atoms with E-state index in [1.54, 1.807) is 27.6 Å². The summed E-state index contributed by atoms with van der Waals surface area (Å²) in [6.45, 7) is 3.82. The quantitative estimate of drug-likeness (QED) is 0.574. The monoisotopic (exact) mass is 457 g/mol. The Labute approximate surface area is 176 Å². The zero-order chi connectivity index (χ0) is 20.1. The molecule has 29 heavy (non-hydrogen) atoms. The van der Waals surface area contributed by atoms with Crippen molar-refractivity contribution in [2.45, 2.75) is 32.0 Å². The summed E-state index contributed by atoms with van der Waals surface area (Å²) in [5, 5.41) is 4.47. The van der Waals surface area contributed by atoms with E-state index in [1.807, 2.05) is 25.1 Å². The van der Waals surface area contributed by atoms with Gasteiger partial charge in [0.05, 0.1) is 12.6 Å². The fraction of sp³-hybridized carbons (Fsp3) is 0.381. The molecule has 6 nitrogen and oxygen atoms in total. The fourth-order valence-electron chi connectivity index (χ4n) is 4.39. The molecule has 150 valence electrons. The third-order valence-electron chi connectivity index (χ3n) is 5.90. The third kappa shape index (κ3) is 3.10. The number of aromatic nitrogens is 3. The highest BCUT2D eigenvalue weighted by atomic mass is 79.9. The lowest BCUT2D eigenvalue weighted by Crippen LogP contribution is -2.40. The van der Waals surface area contributed by atoms with E-state index in [-0.39, 0.29) is 18.5 Å². The minimum absolute atomic E-state index is 0.0336. The van der Waals surface area contributed by atoms with Crippen LogP contribution in [-0.2, 0) is 0 Å². The van der Waals surface area contributed by atoms with Crippen LogP contribution in [0.3, 0.4) is 0 Å². The maximum atomic E-state index is 14.8. The van der Waals surface area contributed by atoms with Crippen LogP contribution < -0.4 is 4.90 Å². The number of amides is 1. The topological polar surface area (TPSA) is 53.7 Å². The van der Waals surface area contributed by atoms with E-state index in [4.69, 9.17) is 0 Å². The Bertz CT molecular complexity index is 1090. The summed E-state index contributed by atoms with van der Waals surface area (Å²) < 4.78 is 17.2. The molecule has 2 aliphatic heterocycles. The number of rotatable bonds is 2. The normalized spacial score (nSPS) is 21.6. The Morgan fingerprint density at radius 3 is 2.66 bits per heavy atom. The minimum Gasteiger partial charge on any atom is -0.356 e. The van der Waals surface area contributed by atoms with E-state index >= 15 is 0 Å². The van der Waals surface area contributed by atoms with Gasteiger partial charge in [0.25, 0.3) is 5.91 Å². The maximum absolute atomic E-state index is 14.8. The van der Waals surface area contributed by atoms with Crippen LogP contribution in [0.25, 0.3) is 5.65 Å². The van der Waals surface area contributed by atoms with Crippen molar-refractivity contribution in [3.05, 3.63) is 57.8 Å². The molecule has 0 N–H and O–H groups in total. The number of carbonyl (C=O) groups is 1. The SMILES string of the molecule is C[C@@H]1c2ccccc2C(F)CN1C(=O)c1cc(N2CCCC2)n2nc(Br)cc2n1. The first-order valence-electron chi connectivity index (χ1n) is 9.88. The molecule has 0 aliphatic carbocycles. The predicted molar refractivity (Wildman–Crippen MR) is 112 cm³/mol. The zero-order valence-corrected chi connectivity index (χ0v) is 17.6. The highest BCUT2D eigenvalue weighted by Crippen LogP contribution is 2.37. The van der Waals surface area contributed by atoms with Gasteiger partial charge < -0.3 is 9.80 Å². The summed E-state index contributed by atoms with van der Waals surface area (Å²) >= 11 is 3.41. The van der Waals surface area contributed by atoms with Gasteiger partial charge in [0.2, 0.25) is 0 Å². The second kappa shape index (κ2) is 7.09. The highest BCUT2D eigenvalue weighted by molar-refractivity contribution is 9.10. The predicted octanol–water partition coefficient (Wildman–Crippen LogP) is 4.32. The van der Waals surface area contributed by atoms with Crippen molar-refractivity contribution in [3.63, 3.8) is 0 Å². The number of anilines is 1. The van der Waals surface area contributed by atoms with E-state index in [0.717, 1.165) is 37.3 Å². The van der Waals surface area contributed by atoms with Crippen LogP contribution in [0.2, 0.25) is 0 Å². The summed E-state index contributed by atoms with van der Waals surface area (Å²) in [6, 6.07) is 10.8. The molecule has 8 heteroatoms. The molecule has 0 saturated carbocycles. The molecule has 1 fully saturated rings. The van der Waals surface area contributed by atoms with Crippen molar-refractivity contribution in [1.29, 1.82) is 0 Å². The average Bonchev–Trinajstić information content (AvgIpc) is 3.38. The summed E-state index contributed by atoms with van der Waals surface area (Å²) in [7, 11) is 0. The lowest BCUT2D eigenvalue weighted by molar-refractivity contribution is 0.0585. The average molecular weight is 458 g/mol. The minimum atomic E-state index is -1.20. The molecular weight excluding hydrogens is 437 g/mol. The summed E-state index contributed by atoms with van der Waals surface area (Å²) in [5.74, 6) is 0.596. The van der Waals surface area contributed by atoms with Crippen molar-refractivity contribution in [3.8, 4) is 0 Å². The number of alkyl halides is 1. The molecule has 2 aliphatic rings. The lowest BCUT2D eigenvalue weighted by atomic mass is 9.92. The molecule has 2 aromatic heterocycles. The third-order valence-corrected chi connectivity index (χ3v) is 6.28. The number of nitrogens with zero attached hydrogens (tertiary/aromatic N) is 5. The Kier molecular flexibility index (Phi) is 4.53. The standard InChI is InChI=1S/C21H21BrFN5O/c1-13-14-6-2-3-7-15(14)16(23)12-27(13)21(29)17-10-20(26-8-4-5-9-26)28-19(24-17)11-18(22)25-28/h2-3,6-7,10-11,13,16H,4-5,8-9,12H2,1H3/t13-,16?/m1/s1. The number of carbonyl (C=O) groups excluding carboxylic acids is 1. The van der Waals surface area contributed by atoms with Crippen LogP contribution in [-0.4, -0.2) is 45.0 Å². The van der Waals surface area contributed by atoms with Gasteiger partial charge in [0.1, 0.15) is 22.3 Å². The van der Waals surface area contributed by atoms with Gasteiger partial charge in [-0.25, -0.2) is 9.37 Å². The van der Waals surface area contributed by atoms with Gasteiger partial charge in [-0.3, -0.25) is 4.79 Å². The second-order valence-electron chi connectivity index (χ2n) is 7.66. The first kappa shape index (κ1) is 18.5. The van der Waals surface area contributed by atoms with Gasteiger partial charge >= 0.3 is 0 Å². The molecule has 3 aromatic rings. The molecule has 0 bridgehead atoms. The molecule has 1 saturated heterocycles. The smallest absolute Gasteiger partial charge is 0.273 e. The van der Waals surface area contributed by atoms with Crippen molar-refractivity contribution in [1.82, 2.24) is 19.5 Å². The van der Waals surface area contributed by atoms with E-state index in [1.165, 1.54) is 0 Å². The van der Waals surface area contributed by atoms with E-state index in [2.05, 4.69) is 30.9 Å². The molecule has 1 amide bonds. The van der Waals surface area contributed by atoms with Gasteiger partial charge in [-0.2, -0.15) is 9.61 Å².